The van der Waals surface area contributed by atoms with Gasteiger partial charge in [-0.05, 0) is 41.7 Å². The highest BCUT2D eigenvalue weighted by molar-refractivity contribution is 6.31. The van der Waals surface area contributed by atoms with Gasteiger partial charge in [-0.25, -0.2) is 0 Å². The van der Waals surface area contributed by atoms with Gasteiger partial charge in [-0.1, -0.05) is 55.8 Å². The van der Waals surface area contributed by atoms with Crippen molar-refractivity contribution in [2.75, 3.05) is 6.61 Å². The van der Waals surface area contributed by atoms with Crippen LogP contribution in [0.2, 0.25) is 5.02 Å². The van der Waals surface area contributed by atoms with Gasteiger partial charge < -0.3 is 10.1 Å². The van der Waals surface area contributed by atoms with Crippen LogP contribution in [-0.4, -0.2) is 12.5 Å². The topological polar surface area (TPSA) is 38.3 Å². The van der Waals surface area contributed by atoms with E-state index in [0.717, 1.165) is 12.0 Å². The predicted molar refractivity (Wildman–Crippen MR) is 93.9 cm³/mol. The van der Waals surface area contributed by atoms with Crippen molar-refractivity contribution < 1.29 is 9.53 Å². The molecule has 2 rings (SSSR count). The van der Waals surface area contributed by atoms with E-state index in [1.165, 1.54) is 5.56 Å². The van der Waals surface area contributed by atoms with Crippen molar-refractivity contribution in [2.45, 2.75) is 32.7 Å². The fraction of sp³-hybridized carbons (Fsp3) is 0.316. The highest BCUT2D eigenvalue weighted by atomic mass is 35.5. The highest BCUT2D eigenvalue weighted by Crippen LogP contribution is 2.21. The molecule has 1 atom stereocenters. The molecule has 3 nitrogen and oxygen atoms in total. The zero-order valence-electron chi connectivity index (χ0n) is 13.5. The van der Waals surface area contributed by atoms with Crippen molar-refractivity contribution in [3.8, 4) is 5.75 Å². The summed E-state index contributed by atoms with van der Waals surface area (Å²) in [5.41, 5.74) is 2.17. The average molecular weight is 332 g/mol. The van der Waals surface area contributed by atoms with Crippen LogP contribution in [0.15, 0.2) is 48.5 Å². The van der Waals surface area contributed by atoms with Gasteiger partial charge in [0.25, 0.3) is 5.91 Å². The summed E-state index contributed by atoms with van der Waals surface area (Å²) < 4.78 is 5.51. The molecule has 122 valence electrons. The van der Waals surface area contributed by atoms with E-state index in [1.54, 1.807) is 6.07 Å². The van der Waals surface area contributed by atoms with Crippen molar-refractivity contribution >= 4 is 17.5 Å². The first-order valence-electron chi connectivity index (χ1n) is 7.83. The van der Waals surface area contributed by atoms with Crippen molar-refractivity contribution in [3.05, 3.63) is 64.7 Å². The Morgan fingerprint density at radius 2 is 1.87 bits per heavy atom. The van der Waals surface area contributed by atoms with Gasteiger partial charge in [0.15, 0.2) is 6.61 Å². The van der Waals surface area contributed by atoms with Gasteiger partial charge in [-0.3, -0.25) is 4.79 Å². The molecule has 0 spiro atoms. The molecule has 0 aliphatic heterocycles. The molecule has 0 fully saturated rings. The SMILES string of the molecule is CCC(C)c1ccc(OCC(=O)NCc2ccccc2Cl)cc1. The summed E-state index contributed by atoms with van der Waals surface area (Å²) >= 11 is 6.05. The number of carbonyl (C=O) groups is 1. The first-order valence-corrected chi connectivity index (χ1v) is 8.20. The monoisotopic (exact) mass is 331 g/mol. The number of amides is 1. The van der Waals surface area contributed by atoms with Crippen LogP contribution in [0.4, 0.5) is 0 Å². The second-order valence-corrected chi connectivity index (χ2v) is 5.94. The van der Waals surface area contributed by atoms with Crippen LogP contribution in [0, 0.1) is 0 Å². The van der Waals surface area contributed by atoms with E-state index in [9.17, 15) is 4.79 Å². The minimum atomic E-state index is -0.170. The minimum Gasteiger partial charge on any atom is -0.484 e. The molecule has 0 aromatic heterocycles. The largest absolute Gasteiger partial charge is 0.484 e. The van der Waals surface area contributed by atoms with Gasteiger partial charge >= 0.3 is 0 Å². The number of hydrogen-bond donors (Lipinski definition) is 1. The zero-order chi connectivity index (χ0) is 16.7. The van der Waals surface area contributed by atoms with Crippen LogP contribution in [0.5, 0.6) is 5.75 Å². The Morgan fingerprint density at radius 3 is 2.52 bits per heavy atom. The van der Waals surface area contributed by atoms with Crippen LogP contribution in [0.25, 0.3) is 0 Å². The molecule has 2 aromatic carbocycles. The molecule has 0 heterocycles. The summed E-state index contributed by atoms with van der Waals surface area (Å²) in [7, 11) is 0. The molecule has 0 saturated heterocycles. The molecule has 2 aromatic rings. The molecule has 4 heteroatoms. The van der Waals surface area contributed by atoms with E-state index in [4.69, 9.17) is 16.3 Å². The first-order chi connectivity index (χ1) is 11.1. The summed E-state index contributed by atoms with van der Waals surface area (Å²) in [6, 6.07) is 15.3. The lowest BCUT2D eigenvalue weighted by Gasteiger charge is -2.11. The van der Waals surface area contributed by atoms with Crippen molar-refractivity contribution in [3.63, 3.8) is 0 Å². The molecule has 1 unspecified atom stereocenters. The highest BCUT2D eigenvalue weighted by Gasteiger charge is 2.06. The number of carbonyl (C=O) groups excluding carboxylic acids is 1. The van der Waals surface area contributed by atoms with Crippen LogP contribution in [-0.2, 0) is 11.3 Å². The van der Waals surface area contributed by atoms with Gasteiger partial charge in [0.1, 0.15) is 5.75 Å². The van der Waals surface area contributed by atoms with Crippen LogP contribution < -0.4 is 10.1 Å². The van der Waals surface area contributed by atoms with Gasteiger partial charge in [-0.15, -0.1) is 0 Å². The van der Waals surface area contributed by atoms with Crippen LogP contribution in [0.3, 0.4) is 0 Å². The summed E-state index contributed by atoms with van der Waals surface area (Å²) in [6.07, 6.45) is 1.10. The molecule has 0 aliphatic carbocycles. The second kappa shape index (κ2) is 8.59. The lowest BCUT2D eigenvalue weighted by molar-refractivity contribution is -0.123. The lowest BCUT2D eigenvalue weighted by Crippen LogP contribution is -2.28. The summed E-state index contributed by atoms with van der Waals surface area (Å²) in [6.45, 7) is 4.75. The van der Waals surface area contributed by atoms with Crippen LogP contribution >= 0.6 is 11.6 Å². The maximum Gasteiger partial charge on any atom is 0.258 e. The Labute approximate surface area is 142 Å². The fourth-order valence-electron chi connectivity index (χ4n) is 2.16. The maximum absolute atomic E-state index is 11.8. The Bertz CT molecular complexity index is 640. The number of rotatable bonds is 7. The zero-order valence-corrected chi connectivity index (χ0v) is 14.3. The molecule has 0 aliphatic rings. The van der Waals surface area contributed by atoms with Crippen LogP contribution in [0.1, 0.15) is 37.3 Å². The third-order valence-electron chi connectivity index (χ3n) is 3.87. The van der Waals surface area contributed by atoms with Crippen molar-refractivity contribution in [2.24, 2.45) is 0 Å². The Hall–Kier alpha value is -2.00. The van der Waals surface area contributed by atoms with Gasteiger partial charge in [0, 0.05) is 11.6 Å². The number of hydrogen-bond acceptors (Lipinski definition) is 2. The summed E-state index contributed by atoms with van der Waals surface area (Å²) in [5.74, 6) is 1.06. The number of ether oxygens (including phenoxy) is 1. The summed E-state index contributed by atoms with van der Waals surface area (Å²) in [5, 5.41) is 3.45. The Morgan fingerprint density at radius 1 is 1.17 bits per heavy atom. The molecule has 1 N–H and O–H groups in total. The van der Waals surface area contributed by atoms with Gasteiger partial charge in [0.2, 0.25) is 0 Å². The molecular weight excluding hydrogens is 310 g/mol. The molecule has 0 saturated carbocycles. The number of halogens is 1. The second-order valence-electron chi connectivity index (χ2n) is 5.54. The molecule has 1 amide bonds. The maximum atomic E-state index is 11.8. The van der Waals surface area contributed by atoms with E-state index >= 15 is 0 Å². The Kier molecular flexibility index (Phi) is 6.48. The standard InChI is InChI=1S/C19H22ClNO2/c1-3-14(2)15-8-10-17(11-9-15)23-13-19(22)21-12-16-6-4-5-7-18(16)20/h4-11,14H,3,12-13H2,1-2H3,(H,21,22). The van der Waals surface area contributed by atoms with Gasteiger partial charge in [-0.2, -0.15) is 0 Å². The lowest BCUT2D eigenvalue weighted by atomic mass is 9.99. The minimum absolute atomic E-state index is 0.00681. The van der Waals surface area contributed by atoms with E-state index in [0.29, 0.717) is 23.2 Å². The fourth-order valence-corrected chi connectivity index (χ4v) is 2.37. The van der Waals surface area contributed by atoms with E-state index in [2.05, 4.69) is 19.2 Å². The average Bonchev–Trinajstić information content (AvgIpc) is 2.59. The quantitative estimate of drug-likeness (QED) is 0.808. The number of benzene rings is 2. The molecule has 23 heavy (non-hydrogen) atoms. The third kappa shape index (κ3) is 5.29. The van der Waals surface area contributed by atoms with Crippen molar-refractivity contribution in [1.29, 1.82) is 0 Å². The molecule has 0 radical (unpaired) electrons. The van der Waals surface area contributed by atoms with E-state index in [1.807, 2.05) is 42.5 Å². The molecule has 0 bridgehead atoms. The van der Waals surface area contributed by atoms with E-state index in [-0.39, 0.29) is 12.5 Å². The van der Waals surface area contributed by atoms with E-state index < -0.39 is 0 Å². The summed E-state index contributed by atoms with van der Waals surface area (Å²) in [4.78, 5) is 11.8. The normalized spacial score (nSPS) is 11.8. The van der Waals surface area contributed by atoms with Gasteiger partial charge in [0.05, 0.1) is 0 Å². The number of nitrogens with one attached hydrogen (secondary N) is 1. The van der Waals surface area contributed by atoms with Crippen molar-refractivity contribution in [1.82, 2.24) is 5.32 Å². The predicted octanol–water partition coefficient (Wildman–Crippen LogP) is 4.55. The Balaban J connectivity index is 1.79. The smallest absolute Gasteiger partial charge is 0.258 e. The first kappa shape index (κ1) is 17.4. The molecular formula is C19H22ClNO2. The third-order valence-corrected chi connectivity index (χ3v) is 4.23.